The monoisotopic (exact) mass is 348 g/mol. The highest BCUT2D eigenvalue weighted by molar-refractivity contribution is 6.30. The molecule has 130 valence electrons. The first kappa shape index (κ1) is 17.7. The van der Waals surface area contributed by atoms with Crippen molar-refractivity contribution < 1.29 is 9.47 Å². The molecule has 4 nitrogen and oxygen atoms in total. The van der Waals surface area contributed by atoms with Crippen molar-refractivity contribution >= 4 is 11.6 Å². The van der Waals surface area contributed by atoms with Crippen molar-refractivity contribution in [3.63, 3.8) is 0 Å². The largest absolute Gasteiger partial charge is 0.381 e. The van der Waals surface area contributed by atoms with Crippen LogP contribution in [0.3, 0.4) is 0 Å². The standard InChI is InChI=1S/C19H25ClN2O2/c20-17-4-1-3-16(13-17)18-14-22(9-12-24-18)8-2-5-19(15-21)6-10-23-11-7-19/h1,3-4,13,18H,2,5-12,14H2. The average molecular weight is 349 g/mol. The Labute approximate surface area is 149 Å². The smallest absolute Gasteiger partial charge is 0.0952 e. The maximum atomic E-state index is 9.54. The zero-order chi connectivity index (χ0) is 16.8. The van der Waals surface area contributed by atoms with Gasteiger partial charge in [0, 0.05) is 31.3 Å². The van der Waals surface area contributed by atoms with Crippen LogP contribution >= 0.6 is 11.6 Å². The molecule has 0 bridgehead atoms. The van der Waals surface area contributed by atoms with E-state index in [-0.39, 0.29) is 11.5 Å². The van der Waals surface area contributed by atoms with Gasteiger partial charge in [0.15, 0.2) is 0 Å². The van der Waals surface area contributed by atoms with Crippen molar-refractivity contribution in [2.24, 2.45) is 5.41 Å². The summed E-state index contributed by atoms with van der Waals surface area (Å²) in [6.45, 7) is 5.06. The van der Waals surface area contributed by atoms with Gasteiger partial charge in [-0.2, -0.15) is 5.26 Å². The number of hydrogen-bond acceptors (Lipinski definition) is 4. The fraction of sp³-hybridized carbons (Fsp3) is 0.632. The van der Waals surface area contributed by atoms with E-state index >= 15 is 0 Å². The van der Waals surface area contributed by atoms with Crippen LogP contribution in [-0.4, -0.2) is 44.4 Å². The summed E-state index contributed by atoms with van der Waals surface area (Å²) in [5, 5.41) is 10.3. The first-order valence-corrected chi connectivity index (χ1v) is 9.17. The van der Waals surface area contributed by atoms with Gasteiger partial charge in [0.25, 0.3) is 0 Å². The van der Waals surface area contributed by atoms with E-state index in [0.29, 0.717) is 0 Å². The molecule has 0 N–H and O–H groups in total. The molecule has 0 aromatic heterocycles. The molecule has 1 aromatic carbocycles. The van der Waals surface area contributed by atoms with Crippen LogP contribution < -0.4 is 0 Å². The van der Waals surface area contributed by atoms with Crippen molar-refractivity contribution in [2.75, 3.05) is 39.5 Å². The van der Waals surface area contributed by atoms with E-state index < -0.39 is 0 Å². The quantitative estimate of drug-likeness (QED) is 0.811. The number of hydrogen-bond donors (Lipinski definition) is 0. The number of nitrogens with zero attached hydrogens (tertiary/aromatic N) is 2. The lowest BCUT2D eigenvalue weighted by Gasteiger charge is -2.35. The third kappa shape index (κ3) is 4.49. The molecule has 2 aliphatic rings. The summed E-state index contributed by atoms with van der Waals surface area (Å²) in [4.78, 5) is 2.44. The Kier molecular flexibility index (Phi) is 6.13. The Morgan fingerprint density at radius 1 is 1.29 bits per heavy atom. The Bertz CT molecular complexity index is 581. The highest BCUT2D eigenvalue weighted by Gasteiger charge is 2.32. The van der Waals surface area contributed by atoms with Gasteiger partial charge in [-0.15, -0.1) is 0 Å². The van der Waals surface area contributed by atoms with E-state index in [2.05, 4.69) is 17.0 Å². The van der Waals surface area contributed by atoms with Crippen LogP contribution in [0.15, 0.2) is 24.3 Å². The maximum absolute atomic E-state index is 9.54. The molecule has 2 aliphatic heterocycles. The summed E-state index contributed by atoms with van der Waals surface area (Å²) in [5.74, 6) is 0. The second kappa shape index (κ2) is 8.31. The first-order valence-electron chi connectivity index (χ1n) is 8.79. The minimum atomic E-state index is -0.170. The summed E-state index contributed by atoms with van der Waals surface area (Å²) >= 11 is 6.09. The van der Waals surface area contributed by atoms with E-state index in [1.807, 2.05) is 18.2 Å². The zero-order valence-corrected chi connectivity index (χ0v) is 14.8. The SMILES string of the molecule is N#CC1(CCCN2CCOC(c3cccc(Cl)c3)C2)CCOCC1. The molecular weight excluding hydrogens is 324 g/mol. The first-order chi connectivity index (χ1) is 11.7. The lowest BCUT2D eigenvalue weighted by atomic mass is 9.78. The molecule has 1 unspecified atom stereocenters. The molecule has 3 rings (SSSR count). The van der Waals surface area contributed by atoms with Crippen LogP contribution in [0.4, 0.5) is 0 Å². The predicted molar refractivity (Wildman–Crippen MR) is 93.9 cm³/mol. The molecule has 2 heterocycles. The molecule has 24 heavy (non-hydrogen) atoms. The van der Waals surface area contributed by atoms with Crippen LogP contribution in [0.25, 0.3) is 0 Å². The lowest BCUT2D eigenvalue weighted by molar-refractivity contribution is -0.0318. The zero-order valence-electron chi connectivity index (χ0n) is 14.0. The van der Waals surface area contributed by atoms with Gasteiger partial charge in [-0.25, -0.2) is 0 Å². The predicted octanol–water partition coefficient (Wildman–Crippen LogP) is 3.81. The average Bonchev–Trinajstić information content (AvgIpc) is 2.63. The molecule has 0 spiro atoms. The van der Waals surface area contributed by atoms with Crippen molar-refractivity contribution in [3.05, 3.63) is 34.9 Å². The number of benzene rings is 1. The minimum Gasteiger partial charge on any atom is -0.381 e. The van der Waals surface area contributed by atoms with Crippen molar-refractivity contribution in [1.29, 1.82) is 5.26 Å². The molecule has 1 atom stereocenters. The van der Waals surface area contributed by atoms with Crippen LogP contribution in [-0.2, 0) is 9.47 Å². The van der Waals surface area contributed by atoms with Gasteiger partial charge in [0.1, 0.15) is 0 Å². The van der Waals surface area contributed by atoms with Gasteiger partial charge >= 0.3 is 0 Å². The highest BCUT2D eigenvalue weighted by Crippen LogP contribution is 2.35. The second-order valence-electron chi connectivity index (χ2n) is 6.82. The second-order valence-corrected chi connectivity index (χ2v) is 7.26. The summed E-state index contributed by atoms with van der Waals surface area (Å²) in [6, 6.07) is 10.5. The maximum Gasteiger partial charge on any atom is 0.0952 e. The number of halogens is 1. The van der Waals surface area contributed by atoms with Crippen molar-refractivity contribution in [1.82, 2.24) is 4.90 Å². The normalized spacial score (nSPS) is 24.4. The van der Waals surface area contributed by atoms with E-state index in [0.717, 1.165) is 75.7 Å². The number of rotatable bonds is 5. The number of morpholine rings is 1. The van der Waals surface area contributed by atoms with Gasteiger partial charge in [-0.1, -0.05) is 23.7 Å². The van der Waals surface area contributed by atoms with E-state index in [1.165, 1.54) is 0 Å². The summed E-state index contributed by atoms with van der Waals surface area (Å²) < 4.78 is 11.3. The van der Waals surface area contributed by atoms with Crippen LogP contribution in [0.1, 0.15) is 37.4 Å². The fourth-order valence-electron chi connectivity index (χ4n) is 3.64. The Morgan fingerprint density at radius 3 is 2.88 bits per heavy atom. The van der Waals surface area contributed by atoms with Crippen molar-refractivity contribution in [2.45, 2.75) is 31.8 Å². The van der Waals surface area contributed by atoms with E-state index in [4.69, 9.17) is 21.1 Å². The topological polar surface area (TPSA) is 45.5 Å². The van der Waals surface area contributed by atoms with Gasteiger partial charge < -0.3 is 9.47 Å². The third-order valence-corrected chi connectivity index (χ3v) is 5.42. The molecule has 0 saturated carbocycles. The summed E-state index contributed by atoms with van der Waals surface area (Å²) in [7, 11) is 0. The Hall–Kier alpha value is -1.12. The fourth-order valence-corrected chi connectivity index (χ4v) is 3.83. The van der Waals surface area contributed by atoms with Gasteiger partial charge in [-0.05, 0) is 49.9 Å². The lowest BCUT2D eigenvalue weighted by Crippen LogP contribution is -2.39. The van der Waals surface area contributed by atoms with Gasteiger partial charge in [0.05, 0.1) is 24.2 Å². The van der Waals surface area contributed by atoms with Crippen LogP contribution in [0.2, 0.25) is 5.02 Å². The Balaban J connectivity index is 1.50. The van der Waals surface area contributed by atoms with E-state index in [9.17, 15) is 5.26 Å². The molecule has 1 aromatic rings. The van der Waals surface area contributed by atoms with E-state index in [1.54, 1.807) is 0 Å². The Morgan fingerprint density at radius 2 is 2.12 bits per heavy atom. The molecule has 2 saturated heterocycles. The molecule has 0 amide bonds. The molecule has 0 aliphatic carbocycles. The summed E-state index contributed by atoms with van der Waals surface area (Å²) in [5.41, 5.74) is 0.974. The van der Waals surface area contributed by atoms with Gasteiger partial charge in [-0.3, -0.25) is 4.90 Å². The minimum absolute atomic E-state index is 0.0884. The summed E-state index contributed by atoms with van der Waals surface area (Å²) in [6.07, 6.45) is 3.85. The third-order valence-electron chi connectivity index (χ3n) is 5.19. The van der Waals surface area contributed by atoms with Crippen LogP contribution in [0, 0.1) is 16.7 Å². The molecule has 0 radical (unpaired) electrons. The highest BCUT2D eigenvalue weighted by atomic mass is 35.5. The van der Waals surface area contributed by atoms with Gasteiger partial charge in [0.2, 0.25) is 0 Å². The van der Waals surface area contributed by atoms with Crippen LogP contribution in [0.5, 0.6) is 0 Å². The molecule has 5 heteroatoms. The number of nitriles is 1. The molecular formula is C19H25ClN2O2. The molecule has 2 fully saturated rings. The van der Waals surface area contributed by atoms with Crippen molar-refractivity contribution in [3.8, 4) is 6.07 Å². The number of ether oxygens (including phenoxy) is 2.